The fourth-order valence-corrected chi connectivity index (χ4v) is 2.69. The lowest BCUT2D eigenvalue weighted by Crippen LogP contribution is -2.21. The molecule has 142 valence electrons. The van der Waals surface area contributed by atoms with Crippen LogP contribution in [0.15, 0.2) is 48.5 Å². The molecule has 2 aromatic rings. The number of nitrogens with one attached hydrogen (secondary N) is 2. The van der Waals surface area contributed by atoms with Gasteiger partial charge < -0.3 is 20.1 Å². The highest BCUT2D eigenvalue weighted by Gasteiger charge is 1.98. The lowest BCUT2D eigenvalue weighted by atomic mass is 10.2. The van der Waals surface area contributed by atoms with Gasteiger partial charge in [-0.25, -0.2) is 0 Å². The van der Waals surface area contributed by atoms with Gasteiger partial charge in [0.15, 0.2) is 0 Å². The van der Waals surface area contributed by atoms with Crippen molar-refractivity contribution in [3.63, 3.8) is 0 Å². The standard InChI is InChI=1S/C22H32N2O2/c1-3-4-5-6-16-26-22-9-7-8-20(17-22)24-15-14-23-18-19-10-12-21(25-2)13-11-19/h7-13,17,23-24H,3-6,14-16,18H2,1-2H3. The average Bonchev–Trinajstić information content (AvgIpc) is 2.68. The molecule has 0 unspecified atom stereocenters. The molecule has 0 heterocycles. The van der Waals surface area contributed by atoms with Gasteiger partial charge in [0.05, 0.1) is 13.7 Å². The maximum atomic E-state index is 5.83. The zero-order valence-electron chi connectivity index (χ0n) is 16.1. The Bertz CT molecular complexity index is 614. The molecule has 0 aromatic heterocycles. The van der Waals surface area contributed by atoms with Crippen molar-refractivity contribution < 1.29 is 9.47 Å². The van der Waals surface area contributed by atoms with E-state index in [0.29, 0.717) is 0 Å². The highest BCUT2D eigenvalue weighted by atomic mass is 16.5. The SMILES string of the molecule is CCCCCCOc1cccc(NCCNCc2ccc(OC)cc2)c1. The van der Waals surface area contributed by atoms with Crippen molar-refractivity contribution in [3.05, 3.63) is 54.1 Å². The smallest absolute Gasteiger partial charge is 0.121 e. The summed E-state index contributed by atoms with van der Waals surface area (Å²) in [4.78, 5) is 0. The molecular formula is C22H32N2O2. The van der Waals surface area contributed by atoms with E-state index in [-0.39, 0.29) is 0 Å². The van der Waals surface area contributed by atoms with Crippen LogP contribution in [0.3, 0.4) is 0 Å². The first-order valence-corrected chi connectivity index (χ1v) is 9.62. The van der Waals surface area contributed by atoms with Crippen LogP contribution < -0.4 is 20.1 Å². The second-order valence-electron chi connectivity index (χ2n) is 6.39. The minimum absolute atomic E-state index is 0.798. The molecule has 2 N–H and O–H groups in total. The number of hydrogen-bond donors (Lipinski definition) is 2. The van der Waals surface area contributed by atoms with E-state index in [1.54, 1.807) is 7.11 Å². The Kier molecular flexibility index (Phi) is 9.44. The van der Waals surface area contributed by atoms with Gasteiger partial charge in [-0.05, 0) is 36.2 Å². The van der Waals surface area contributed by atoms with Crippen LogP contribution in [-0.4, -0.2) is 26.8 Å². The van der Waals surface area contributed by atoms with E-state index in [1.807, 2.05) is 24.3 Å². The summed E-state index contributed by atoms with van der Waals surface area (Å²) < 4.78 is 11.0. The first kappa shape index (κ1) is 20.1. The van der Waals surface area contributed by atoms with E-state index < -0.39 is 0 Å². The summed E-state index contributed by atoms with van der Waals surface area (Å²) in [6.07, 6.45) is 4.91. The van der Waals surface area contributed by atoms with E-state index in [2.05, 4.69) is 41.8 Å². The Balaban J connectivity index is 1.62. The van der Waals surface area contributed by atoms with Gasteiger partial charge in [-0.2, -0.15) is 0 Å². The van der Waals surface area contributed by atoms with Crippen LogP contribution >= 0.6 is 0 Å². The van der Waals surface area contributed by atoms with Crippen LogP contribution in [0.25, 0.3) is 0 Å². The molecular weight excluding hydrogens is 324 g/mol. The van der Waals surface area contributed by atoms with Crippen molar-refractivity contribution in [1.82, 2.24) is 5.32 Å². The molecule has 2 rings (SSSR count). The highest BCUT2D eigenvalue weighted by molar-refractivity contribution is 5.48. The summed E-state index contributed by atoms with van der Waals surface area (Å²) in [7, 11) is 1.69. The van der Waals surface area contributed by atoms with Gasteiger partial charge >= 0.3 is 0 Å². The number of rotatable bonds is 13. The Morgan fingerprint density at radius 2 is 1.73 bits per heavy atom. The van der Waals surface area contributed by atoms with Crippen molar-refractivity contribution in [1.29, 1.82) is 0 Å². The number of anilines is 1. The van der Waals surface area contributed by atoms with Crippen LogP contribution in [0, 0.1) is 0 Å². The summed E-state index contributed by atoms with van der Waals surface area (Å²) in [5.74, 6) is 1.83. The Morgan fingerprint density at radius 1 is 0.885 bits per heavy atom. The maximum Gasteiger partial charge on any atom is 0.121 e. The first-order chi connectivity index (χ1) is 12.8. The van der Waals surface area contributed by atoms with Crippen LogP contribution in [0.1, 0.15) is 38.2 Å². The molecule has 4 heteroatoms. The fourth-order valence-electron chi connectivity index (χ4n) is 2.69. The van der Waals surface area contributed by atoms with Gasteiger partial charge in [0.25, 0.3) is 0 Å². The van der Waals surface area contributed by atoms with Gasteiger partial charge in [-0.15, -0.1) is 0 Å². The van der Waals surface area contributed by atoms with Crippen LogP contribution in [-0.2, 0) is 6.54 Å². The minimum atomic E-state index is 0.798. The molecule has 4 nitrogen and oxygen atoms in total. The van der Waals surface area contributed by atoms with E-state index in [4.69, 9.17) is 9.47 Å². The molecule has 0 saturated carbocycles. The molecule has 0 aliphatic carbocycles. The van der Waals surface area contributed by atoms with E-state index >= 15 is 0 Å². The van der Waals surface area contributed by atoms with Gasteiger partial charge in [0.1, 0.15) is 11.5 Å². The molecule has 26 heavy (non-hydrogen) atoms. The third-order valence-corrected chi connectivity index (χ3v) is 4.22. The summed E-state index contributed by atoms with van der Waals surface area (Å²) in [5.41, 5.74) is 2.35. The number of methoxy groups -OCH3 is 1. The average molecular weight is 357 g/mol. The molecule has 0 fully saturated rings. The Labute approximate surface area is 157 Å². The second-order valence-corrected chi connectivity index (χ2v) is 6.39. The van der Waals surface area contributed by atoms with E-state index in [0.717, 1.165) is 49.8 Å². The normalized spacial score (nSPS) is 10.5. The Hall–Kier alpha value is -2.20. The predicted octanol–water partition coefficient (Wildman–Crippen LogP) is 4.86. The molecule has 0 spiro atoms. The molecule has 0 bridgehead atoms. The lowest BCUT2D eigenvalue weighted by molar-refractivity contribution is 0.305. The monoisotopic (exact) mass is 356 g/mol. The summed E-state index contributed by atoms with van der Waals surface area (Å²) >= 11 is 0. The number of benzene rings is 2. The Morgan fingerprint density at radius 3 is 2.50 bits per heavy atom. The number of unbranched alkanes of at least 4 members (excludes halogenated alkanes) is 3. The summed E-state index contributed by atoms with van der Waals surface area (Å²) in [6, 6.07) is 16.4. The minimum Gasteiger partial charge on any atom is -0.497 e. The van der Waals surface area contributed by atoms with Crippen molar-refractivity contribution in [2.24, 2.45) is 0 Å². The molecule has 0 radical (unpaired) electrons. The topological polar surface area (TPSA) is 42.5 Å². The fraction of sp³-hybridized carbons (Fsp3) is 0.455. The van der Waals surface area contributed by atoms with Crippen LogP contribution in [0.2, 0.25) is 0 Å². The molecule has 0 saturated heterocycles. The largest absolute Gasteiger partial charge is 0.497 e. The van der Waals surface area contributed by atoms with E-state index in [9.17, 15) is 0 Å². The van der Waals surface area contributed by atoms with Crippen molar-refractivity contribution in [2.45, 2.75) is 39.2 Å². The van der Waals surface area contributed by atoms with Crippen LogP contribution in [0.4, 0.5) is 5.69 Å². The molecule has 0 aliphatic heterocycles. The summed E-state index contributed by atoms with van der Waals surface area (Å²) in [5, 5.41) is 6.88. The third-order valence-electron chi connectivity index (χ3n) is 4.22. The zero-order valence-corrected chi connectivity index (χ0v) is 16.1. The molecule has 2 aromatic carbocycles. The van der Waals surface area contributed by atoms with E-state index in [1.165, 1.54) is 24.8 Å². The highest BCUT2D eigenvalue weighted by Crippen LogP contribution is 2.17. The van der Waals surface area contributed by atoms with Crippen molar-refractivity contribution in [2.75, 3.05) is 32.1 Å². The van der Waals surface area contributed by atoms with Gasteiger partial charge in [0, 0.05) is 31.4 Å². The third kappa shape index (κ3) is 7.79. The van der Waals surface area contributed by atoms with Crippen LogP contribution in [0.5, 0.6) is 11.5 Å². The quantitative estimate of drug-likeness (QED) is 0.503. The molecule has 0 atom stereocenters. The van der Waals surface area contributed by atoms with Crippen molar-refractivity contribution >= 4 is 5.69 Å². The predicted molar refractivity (Wildman–Crippen MR) is 109 cm³/mol. The second kappa shape index (κ2) is 12.2. The zero-order chi connectivity index (χ0) is 18.5. The van der Waals surface area contributed by atoms with Gasteiger partial charge in [-0.3, -0.25) is 0 Å². The van der Waals surface area contributed by atoms with Gasteiger partial charge in [-0.1, -0.05) is 44.4 Å². The molecule has 0 aliphatic rings. The maximum absolute atomic E-state index is 5.83. The number of hydrogen-bond acceptors (Lipinski definition) is 4. The van der Waals surface area contributed by atoms with Crippen molar-refractivity contribution in [3.8, 4) is 11.5 Å². The summed E-state index contributed by atoms with van der Waals surface area (Å²) in [6.45, 7) is 5.64. The number of ether oxygens (including phenoxy) is 2. The molecule has 0 amide bonds. The van der Waals surface area contributed by atoms with Gasteiger partial charge in [0.2, 0.25) is 0 Å². The lowest BCUT2D eigenvalue weighted by Gasteiger charge is -2.11. The first-order valence-electron chi connectivity index (χ1n) is 9.62.